The molecular formula is C10H16N2O4. The molecule has 6 nitrogen and oxygen atoms in total. The molecule has 0 aliphatic rings. The third kappa shape index (κ3) is 6.01. The van der Waals surface area contributed by atoms with Gasteiger partial charge in [0.15, 0.2) is 6.61 Å². The molecule has 6 heteroatoms. The molecule has 0 rings (SSSR count). The number of esters is 1. The SMILES string of the molecule is C#CCOC(=O)C(N)CCC[C@H](N)C(=O)O. The summed E-state index contributed by atoms with van der Waals surface area (Å²) in [6.45, 7) is -0.110. The van der Waals surface area contributed by atoms with Crippen molar-refractivity contribution >= 4 is 11.9 Å². The second-order valence-electron chi connectivity index (χ2n) is 3.29. The molecular weight excluding hydrogens is 212 g/mol. The van der Waals surface area contributed by atoms with Crippen molar-refractivity contribution in [1.82, 2.24) is 0 Å². The second kappa shape index (κ2) is 7.68. The highest BCUT2D eigenvalue weighted by Crippen LogP contribution is 2.03. The van der Waals surface area contributed by atoms with E-state index in [1.54, 1.807) is 0 Å². The molecule has 0 aliphatic heterocycles. The molecule has 0 fully saturated rings. The van der Waals surface area contributed by atoms with Gasteiger partial charge in [-0.2, -0.15) is 0 Å². The van der Waals surface area contributed by atoms with Gasteiger partial charge in [-0.1, -0.05) is 5.92 Å². The lowest BCUT2D eigenvalue weighted by molar-refractivity contribution is -0.143. The first-order chi connectivity index (χ1) is 7.49. The summed E-state index contributed by atoms with van der Waals surface area (Å²) in [7, 11) is 0. The van der Waals surface area contributed by atoms with E-state index >= 15 is 0 Å². The fourth-order valence-electron chi connectivity index (χ4n) is 1.02. The number of hydrogen-bond donors (Lipinski definition) is 3. The molecule has 0 saturated carbocycles. The Morgan fingerprint density at radius 1 is 1.31 bits per heavy atom. The van der Waals surface area contributed by atoms with E-state index in [4.69, 9.17) is 23.0 Å². The Hall–Kier alpha value is -1.58. The van der Waals surface area contributed by atoms with Crippen LogP contribution in [0.1, 0.15) is 19.3 Å². The molecule has 16 heavy (non-hydrogen) atoms. The number of carbonyl (C=O) groups is 2. The maximum atomic E-state index is 11.1. The number of hydrogen-bond acceptors (Lipinski definition) is 5. The van der Waals surface area contributed by atoms with Crippen LogP contribution in [-0.2, 0) is 14.3 Å². The van der Waals surface area contributed by atoms with E-state index in [1.165, 1.54) is 0 Å². The number of carboxylic acids is 1. The van der Waals surface area contributed by atoms with E-state index in [-0.39, 0.29) is 13.0 Å². The number of ether oxygens (including phenoxy) is 1. The summed E-state index contributed by atoms with van der Waals surface area (Å²) >= 11 is 0. The molecule has 0 spiro atoms. The van der Waals surface area contributed by atoms with Crippen molar-refractivity contribution in [1.29, 1.82) is 0 Å². The van der Waals surface area contributed by atoms with Crippen LogP contribution in [0.3, 0.4) is 0 Å². The third-order valence-electron chi connectivity index (χ3n) is 1.95. The summed E-state index contributed by atoms with van der Waals surface area (Å²) in [6.07, 6.45) is 5.94. The topological polar surface area (TPSA) is 116 Å². The Morgan fingerprint density at radius 2 is 1.88 bits per heavy atom. The summed E-state index contributed by atoms with van der Waals surface area (Å²) < 4.78 is 4.61. The predicted molar refractivity (Wildman–Crippen MR) is 57.2 cm³/mol. The summed E-state index contributed by atoms with van der Waals surface area (Å²) in [6, 6.07) is -1.71. The van der Waals surface area contributed by atoms with Gasteiger partial charge in [0.2, 0.25) is 0 Å². The Labute approximate surface area is 93.9 Å². The number of nitrogens with two attached hydrogens (primary N) is 2. The van der Waals surface area contributed by atoms with Crippen LogP contribution >= 0.6 is 0 Å². The Morgan fingerprint density at radius 3 is 2.38 bits per heavy atom. The van der Waals surface area contributed by atoms with Crippen molar-refractivity contribution < 1.29 is 19.4 Å². The molecule has 0 aromatic carbocycles. The van der Waals surface area contributed by atoms with Crippen LogP contribution < -0.4 is 11.5 Å². The zero-order valence-electron chi connectivity index (χ0n) is 8.89. The lowest BCUT2D eigenvalue weighted by Gasteiger charge is -2.11. The smallest absolute Gasteiger partial charge is 0.323 e. The van der Waals surface area contributed by atoms with Crippen molar-refractivity contribution in [3.8, 4) is 12.3 Å². The molecule has 0 heterocycles. The first-order valence-electron chi connectivity index (χ1n) is 4.83. The van der Waals surface area contributed by atoms with E-state index in [1.807, 2.05) is 0 Å². The van der Waals surface area contributed by atoms with Crippen molar-refractivity contribution in [3.05, 3.63) is 0 Å². The summed E-state index contributed by atoms with van der Waals surface area (Å²) in [5.74, 6) is 0.499. The number of carbonyl (C=O) groups excluding carboxylic acids is 1. The van der Waals surface area contributed by atoms with Crippen LogP contribution in [0.25, 0.3) is 0 Å². The quantitative estimate of drug-likeness (QED) is 0.383. The van der Waals surface area contributed by atoms with Gasteiger partial charge in [-0.05, 0) is 19.3 Å². The van der Waals surface area contributed by atoms with E-state index in [0.29, 0.717) is 12.8 Å². The molecule has 0 bridgehead atoms. The molecule has 0 aromatic rings. The Bertz CT molecular complexity index is 285. The van der Waals surface area contributed by atoms with Crippen LogP contribution in [0.2, 0.25) is 0 Å². The molecule has 0 amide bonds. The van der Waals surface area contributed by atoms with Crippen molar-refractivity contribution in [2.45, 2.75) is 31.3 Å². The molecule has 5 N–H and O–H groups in total. The van der Waals surface area contributed by atoms with E-state index in [2.05, 4.69) is 10.7 Å². The zero-order chi connectivity index (χ0) is 12.6. The molecule has 1 unspecified atom stereocenters. The second-order valence-corrected chi connectivity index (χ2v) is 3.29. The number of aliphatic carboxylic acids is 1. The molecule has 90 valence electrons. The summed E-state index contributed by atoms with van der Waals surface area (Å²) in [5.41, 5.74) is 10.8. The Balaban J connectivity index is 3.73. The van der Waals surface area contributed by atoms with Gasteiger partial charge in [-0.15, -0.1) is 6.42 Å². The molecule has 0 aromatic heterocycles. The van der Waals surface area contributed by atoms with Gasteiger partial charge >= 0.3 is 11.9 Å². The average molecular weight is 228 g/mol. The fraction of sp³-hybridized carbons (Fsp3) is 0.600. The standard InChI is InChI=1S/C10H16N2O4/c1-2-6-16-10(15)8(12)5-3-4-7(11)9(13)14/h1,7-8H,3-6,11-12H2,(H,13,14)/t7-,8?/m0/s1. The maximum Gasteiger partial charge on any atom is 0.323 e. The van der Waals surface area contributed by atoms with Crippen molar-refractivity contribution in [3.63, 3.8) is 0 Å². The molecule has 0 saturated heterocycles. The van der Waals surface area contributed by atoms with Crippen molar-refractivity contribution in [2.24, 2.45) is 11.5 Å². The lowest BCUT2D eigenvalue weighted by atomic mass is 10.1. The van der Waals surface area contributed by atoms with Gasteiger partial charge < -0.3 is 21.3 Å². The molecule has 0 radical (unpaired) electrons. The minimum absolute atomic E-state index is 0.110. The van der Waals surface area contributed by atoms with Crippen molar-refractivity contribution in [2.75, 3.05) is 6.61 Å². The number of rotatable bonds is 7. The third-order valence-corrected chi connectivity index (χ3v) is 1.95. The first kappa shape index (κ1) is 14.4. The predicted octanol–water partition coefficient (Wildman–Crippen LogP) is -0.928. The van der Waals surface area contributed by atoms with Gasteiger partial charge in [0.25, 0.3) is 0 Å². The monoisotopic (exact) mass is 228 g/mol. The number of carboxylic acid groups (broad SMARTS) is 1. The summed E-state index contributed by atoms with van der Waals surface area (Å²) in [5, 5.41) is 8.50. The zero-order valence-corrected chi connectivity index (χ0v) is 8.89. The van der Waals surface area contributed by atoms with Crippen LogP contribution in [0, 0.1) is 12.3 Å². The van der Waals surface area contributed by atoms with Gasteiger partial charge in [0.05, 0.1) is 0 Å². The van der Waals surface area contributed by atoms with Crippen LogP contribution in [0.15, 0.2) is 0 Å². The highest BCUT2D eigenvalue weighted by atomic mass is 16.5. The summed E-state index contributed by atoms with van der Waals surface area (Å²) in [4.78, 5) is 21.5. The van der Waals surface area contributed by atoms with Crippen LogP contribution in [-0.4, -0.2) is 35.7 Å². The lowest BCUT2D eigenvalue weighted by Crippen LogP contribution is -2.34. The molecule has 0 aliphatic carbocycles. The van der Waals surface area contributed by atoms with E-state index < -0.39 is 24.0 Å². The Kier molecular flexibility index (Phi) is 6.92. The largest absolute Gasteiger partial charge is 0.480 e. The fourth-order valence-corrected chi connectivity index (χ4v) is 1.02. The minimum atomic E-state index is -1.07. The highest BCUT2D eigenvalue weighted by molar-refractivity contribution is 5.75. The number of terminal acetylenes is 1. The normalized spacial score (nSPS) is 13.6. The average Bonchev–Trinajstić information content (AvgIpc) is 2.25. The van der Waals surface area contributed by atoms with Crippen LogP contribution in [0.4, 0.5) is 0 Å². The van der Waals surface area contributed by atoms with Gasteiger partial charge in [-0.25, -0.2) is 0 Å². The van der Waals surface area contributed by atoms with Gasteiger partial charge in [0, 0.05) is 0 Å². The van der Waals surface area contributed by atoms with Gasteiger partial charge in [0.1, 0.15) is 12.1 Å². The first-order valence-corrected chi connectivity index (χ1v) is 4.83. The molecule has 2 atom stereocenters. The van der Waals surface area contributed by atoms with E-state index in [0.717, 1.165) is 0 Å². The highest BCUT2D eigenvalue weighted by Gasteiger charge is 2.16. The maximum absolute atomic E-state index is 11.1. The van der Waals surface area contributed by atoms with Crippen LogP contribution in [0.5, 0.6) is 0 Å². The van der Waals surface area contributed by atoms with E-state index in [9.17, 15) is 9.59 Å². The minimum Gasteiger partial charge on any atom is -0.480 e. The van der Waals surface area contributed by atoms with Gasteiger partial charge in [-0.3, -0.25) is 9.59 Å².